The molecule has 174 valence electrons. The predicted octanol–water partition coefficient (Wildman–Crippen LogP) is 1.95. The van der Waals surface area contributed by atoms with E-state index in [2.05, 4.69) is 14.8 Å². The normalized spacial score (nSPS) is 14.4. The molecule has 10 nitrogen and oxygen atoms in total. The number of aryl methyl sites for hydroxylation is 1. The van der Waals surface area contributed by atoms with Gasteiger partial charge in [0.25, 0.3) is 11.6 Å². The minimum Gasteiger partial charge on any atom is -0.539 e. The van der Waals surface area contributed by atoms with E-state index in [9.17, 15) is 14.7 Å². The minimum atomic E-state index is -0.817. The first kappa shape index (κ1) is 23.1. The van der Waals surface area contributed by atoms with Crippen molar-refractivity contribution in [3.05, 3.63) is 65.5 Å². The smallest absolute Gasteiger partial charge is 0.300 e. The fourth-order valence-corrected chi connectivity index (χ4v) is 4.26. The summed E-state index contributed by atoms with van der Waals surface area (Å²) in [6.07, 6.45) is 1.60. The highest BCUT2D eigenvalue weighted by Crippen LogP contribution is 2.35. The van der Waals surface area contributed by atoms with Crippen molar-refractivity contribution >= 4 is 40.4 Å². The largest absolute Gasteiger partial charge is 0.539 e. The summed E-state index contributed by atoms with van der Waals surface area (Å²) in [5.74, 6) is -0.842. The summed E-state index contributed by atoms with van der Waals surface area (Å²) in [6, 6.07) is 14.3. The van der Waals surface area contributed by atoms with Crippen LogP contribution in [0.15, 0.2) is 63.7 Å². The van der Waals surface area contributed by atoms with E-state index in [0.29, 0.717) is 27.9 Å². The zero-order chi connectivity index (χ0) is 24.2. The third kappa shape index (κ3) is 4.37. The number of Topliss-reactive ketones (excluding diaryl/α,β-unsaturated/α-hetero) is 1. The summed E-state index contributed by atoms with van der Waals surface area (Å²) in [6.45, 7) is 0. The summed E-state index contributed by atoms with van der Waals surface area (Å²) in [5, 5.41) is 15.5. The molecule has 0 unspecified atom stereocenters. The highest BCUT2D eigenvalue weighted by Gasteiger charge is 2.33. The van der Waals surface area contributed by atoms with Crippen molar-refractivity contribution in [1.82, 2.24) is 5.27 Å². The Hall–Kier alpha value is -4.12. The lowest BCUT2D eigenvalue weighted by Gasteiger charge is -2.17. The van der Waals surface area contributed by atoms with Gasteiger partial charge in [-0.1, -0.05) is 46.8 Å². The molecular formula is C23H20N4O6S. The zero-order valence-electron chi connectivity index (χ0n) is 18.5. The van der Waals surface area contributed by atoms with Crippen LogP contribution in [0, 0.1) is 0 Å². The van der Waals surface area contributed by atoms with E-state index < -0.39 is 11.7 Å². The molecule has 1 amide bonds. The van der Waals surface area contributed by atoms with Crippen molar-refractivity contribution in [3.63, 3.8) is 0 Å². The molecule has 0 fully saturated rings. The van der Waals surface area contributed by atoms with Gasteiger partial charge in [0.1, 0.15) is 5.70 Å². The second kappa shape index (κ2) is 9.79. The Morgan fingerprint density at radius 1 is 1.18 bits per heavy atom. The number of anilines is 1. The van der Waals surface area contributed by atoms with E-state index in [-0.39, 0.29) is 23.1 Å². The second-order valence-electron chi connectivity index (χ2n) is 7.03. The van der Waals surface area contributed by atoms with Gasteiger partial charge in [-0.05, 0) is 24.3 Å². The van der Waals surface area contributed by atoms with Crippen LogP contribution in [0.2, 0.25) is 0 Å². The second-order valence-corrected chi connectivity index (χ2v) is 7.97. The number of amides is 1. The average molecular weight is 481 g/mol. The first-order valence-electron chi connectivity index (χ1n) is 10.0. The number of methoxy groups -OCH3 is 2. The average Bonchev–Trinajstić information content (AvgIpc) is 3.35. The summed E-state index contributed by atoms with van der Waals surface area (Å²) in [4.78, 5) is 31.9. The lowest BCUT2D eigenvalue weighted by molar-refractivity contribution is -0.741. The first-order valence-corrected chi connectivity index (χ1v) is 11.0. The van der Waals surface area contributed by atoms with Gasteiger partial charge in [-0.3, -0.25) is 14.5 Å². The maximum atomic E-state index is 13.4. The first-order chi connectivity index (χ1) is 16.4. The Morgan fingerprint density at radius 2 is 1.94 bits per heavy atom. The van der Waals surface area contributed by atoms with E-state index in [0.717, 1.165) is 16.4 Å². The highest BCUT2D eigenvalue weighted by atomic mass is 32.2. The van der Waals surface area contributed by atoms with E-state index in [1.54, 1.807) is 48.5 Å². The van der Waals surface area contributed by atoms with E-state index in [1.807, 2.05) is 6.07 Å². The van der Waals surface area contributed by atoms with Gasteiger partial charge in [0.05, 0.1) is 30.9 Å². The Labute approximate surface area is 199 Å². The summed E-state index contributed by atoms with van der Waals surface area (Å²) < 4.78 is 16.4. The molecule has 0 aliphatic carbocycles. The van der Waals surface area contributed by atoms with Crippen LogP contribution in [0.3, 0.4) is 0 Å². The number of aromatic nitrogens is 2. The number of nitrogens with zero attached hydrogens (tertiary/aromatic N) is 4. The van der Waals surface area contributed by atoms with Crippen molar-refractivity contribution in [1.29, 1.82) is 0 Å². The number of carbonyl (C=O) groups is 2. The molecule has 11 heteroatoms. The zero-order valence-corrected chi connectivity index (χ0v) is 19.4. The van der Waals surface area contributed by atoms with Gasteiger partial charge in [-0.15, -0.1) is 0 Å². The Balaban J connectivity index is 1.69. The molecule has 1 aliphatic heterocycles. The summed E-state index contributed by atoms with van der Waals surface area (Å²) in [7, 11) is 4.48. The summed E-state index contributed by atoms with van der Waals surface area (Å²) >= 11 is 1.03. The lowest BCUT2D eigenvalue weighted by atomic mass is 10.1. The number of ketones is 1. The molecule has 0 N–H and O–H groups in total. The SMILES string of the molecule is COc1cccc(/C=C2/N=C(SCC(=O)c3c([O-])on[n+]3C)N(c3ccccc3)C2=O)c1OC. The predicted molar refractivity (Wildman–Crippen MR) is 123 cm³/mol. The van der Waals surface area contributed by atoms with Gasteiger partial charge >= 0.3 is 0 Å². The summed E-state index contributed by atoms with van der Waals surface area (Å²) in [5.41, 5.74) is 1.18. The molecule has 0 radical (unpaired) electrons. The molecule has 0 bridgehead atoms. The van der Waals surface area contributed by atoms with Crippen LogP contribution in [0.1, 0.15) is 16.1 Å². The van der Waals surface area contributed by atoms with Crippen LogP contribution in [-0.4, -0.2) is 42.1 Å². The van der Waals surface area contributed by atoms with Crippen molar-refractivity contribution in [2.24, 2.45) is 12.0 Å². The molecule has 0 saturated carbocycles. The van der Waals surface area contributed by atoms with Crippen LogP contribution >= 0.6 is 11.8 Å². The molecule has 1 aromatic heterocycles. The number of amidine groups is 1. The third-order valence-electron chi connectivity index (χ3n) is 4.93. The molecular weight excluding hydrogens is 460 g/mol. The van der Waals surface area contributed by atoms with E-state index in [4.69, 9.17) is 9.47 Å². The fourth-order valence-electron chi connectivity index (χ4n) is 3.38. The molecule has 0 atom stereocenters. The standard InChI is InChI=1S/C23H20N4O6S/c1-26-19(22(30)33-25-26)17(28)13-34-23-24-16(21(29)27(23)15-9-5-4-6-10-15)12-14-8-7-11-18(31-2)20(14)32-3/h4-12H,13H2,1-3H3/b16-12+. The number of aliphatic imine (C=N–C) groups is 1. The van der Waals surface area contributed by atoms with Gasteiger partial charge in [-0.2, -0.15) is 0 Å². The number of ether oxygens (including phenoxy) is 2. The van der Waals surface area contributed by atoms with Gasteiger partial charge < -0.3 is 19.1 Å². The molecule has 0 spiro atoms. The van der Waals surface area contributed by atoms with Crippen molar-refractivity contribution < 1.29 is 33.4 Å². The molecule has 1 aliphatic rings. The fraction of sp³-hybridized carbons (Fsp3) is 0.174. The molecule has 2 aromatic carbocycles. The van der Waals surface area contributed by atoms with Gasteiger partial charge in [0.15, 0.2) is 29.7 Å². The minimum absolute atomic E-state index is 0.143. The van der Waals surface area contributed by atoms with Gasteiger partial charge in [0, 0.05) is 5.56 Å². The number of benzene rings is 2. The Morgan fingerprint density at radius 3 is 2.59 bits per heavy atom. The lowest BCUT2D eigenvalue weighted by Crippen LogP contribution is -2.38. The highest BCUT2D eigenvalue weighted by molar-refractivity contribution is 8.14. The van der Waals surface area contributed by atoms with Crippen LogP contribution in [-0.2, 0) is 11.8 Å². The number of hydrogen-bond donors (Lipinski definition) is 0. The van der Waals surface area contributed by atoms with E-state index in [1.165, 1.54) is 26.2 Å². The quantitative estimate of drug-likeness (QED) is 0.286. The number of rotatable bonds is 7. The molecule has 34 heavy (non-hydrogen) atoms. The van der Waals surface area contributed by atoms with Crippen LogP contribution in [0.5, 0.6) is 17.4 Å². The number of hydrogen-bond acceptors (Lipinski definition) is 9. The number of carbonyl (C=O) groups excluding carboxylic acids is 2. The molecule has 2 heterocycles. The number of para-hydroxylation sites is 2. The van der Waals surface area contributed by atoms with Gasteiger partial charge in [-0.25, -0.2) is 4.99 Å². The topological polar surface area (TPSA) is 121 Å². The monoisotopic (exact) mass is 480 g/mol. The van der Waals surface area contributed by atoms with Crippen molar-refractivity contribution in [3.8, 4) is 17.4 Å². The van der Waals surface area contributed by atoms with Crippen LogP contribution in [0.25, 0.3) is 6.08 Å². The van der Waals surface area contributed by atoms with Crippen LogP contribution < -0.4 is 24.2 Å². The van der Waals surface area contributed by atoms with E-state index >= 15 is 0 Å². The number of thioether (sulfide) groups is 1. The maximum absolute atomic E-state index is 13.4. The van der Waals surface area contributed by atoms with Crippen molar-refractivity contribution in [2.45, 2.75) is 0 Å². The third-order valence-corrected chi connectivity index (χ3v) is 5.87. The molecule has 0 saturated heterocycles. The van der Waals surface area contributed by atoms with Crippen molar-refractivity contribution in [2.75, 3.05) is 24.9 Å². The van der Waals surface area contributed by atoms with Gasteiger partial charge in [0.2, 0.25) is 5.78 Å². The molecule has 3 aromatic rings. The Bertz CT molecular complexity index is 1280. The maximum Gasteiger partial charge on any atom is 0.300 e. The van der Waals surface area contributed by atoms with Crippen LogP contribution in [0.4, 0.5) is 5.69 Å². The Kier molecular flexibility index (Phi) is 6.64. The molecule has 4 rings (SSSR count).